The average Bonchev–Trinajstić information content (AvgIpc) is 2.79. The fourth-order valence-corrected chi connectivity index (χ4v) is 2.47. The molecule has 3 heteroatoms. The van der Waals surface area contributed by atoms with Crippen molar-refractivity contribution in [1.82, 2.24) is 5.32 Å². The van der Waals surface area contributed by atoms with Gasteiger partial charge in [0.15, 0.2) is 0 Å². The van der Waals surface area contributed by atoms with E-state index in [0.29, 0.717) is 0 Å². The molecule has 0 aliphatic carbocycles. The van der Waals surface area contributed by atoms with Gasteiger partial charge in [-0.2, -0.15) is 0 Å². The first-order chi connectivity index (χ1) is 8.46. The Balaban J connectivity index is 2.17. The first-order valence-corrected chi connectivity index (χ1v) is 7.12. The second-order valence-electron chi connectivity index (χ2n) is 6.07. The lowest BCUT2D eigenvalue weighted by molar-refractivity contribution is 0.424. The first-order valence-electron chi connectivity index (χ1n) is 6.74. The van der Waals surface area contributed by atoms with Crippen molar-refractivity contribution in [3.05, 3.63) is 28.8 Å². The standard InChI is InChI=1S/C15H23ClN2/c1-15(2,3)17-11-12-6-7-13(16)10-14(12)18-8-4-5-9-18/h6-7,10,17H,4-5,8-9,11H2,1-3H3. The van der Waals surface area contributed by atoms with Crippen LogP contribution >= 0.6 is 11.6 Å². The Morgan fingerprint density at radius 3 is 2.50 bits per heavy atom. The van der Waals surface area contributed by atoms with E-state index in [0.717, 1.165) is 24.7 Å². The van der Waals surface area contributed by atoms with Crippen LogP contribution in [0.4, 0.5) is 5.69 Å². The lowest BCUT2D eigenvalue weighted by Gasteiger charge is -2.25. The molecule has 0 bridgehead atoms. The lowest BCUT2D eigenvalue weighted by Crippen LogP contribution is -2.35. The molecule has 2 nitrogen and oxygen atoms in total. The van der Waals surface area contributed by atoms with Gasteiger partial charge in [0, 0.05) is 35.9 Å². The third-order valence-corrected chi connectivity index (χ3v) is 3.54. The number of rotatable bonds is 3. The van der Waals surface area contributed by atoms with E-state index in [1.165, 1.54) is 24.1 Å². The molecule has 0 saturated carbocycles. The SMILES string of the molecule is CC(C)(C)NCc1ccc(Cl)cc1N1CCCC1. The van der Waals surface area contributed by atoms with Crippen LogP contribution in [-0.2, 0) is 6.54 Å². The normalized spacial score (nSPS) is 16.3. The Hall–Kier alpha value is -0.730. The molecule has 0 unspecified atom stereocenters. The summed E-state index contributed by atoms with van der Waals surface area (Å²) in [4.78, 5) is 2.45. The summed E-state index contributed by atoms with van der Waals surface area (Å²) < 4.78 is 0. The molecule has 0 atom stereocenters. The molecule has 18 heavy (non-hydrogen) atoms. The van der Waals surface area contributed by atoms with Crippen molar-refractivity contribution in [3.63, 3.8) is 0 Å². The Morgan fingerprint density at radius 1 is 1.22 bits per heavy atom. The van der Waals surface area contributed by atoms with Gasteiger partial charge in [-0.25, -0.2) is 0 Å². The van der Waals surface area contributed by atoms with Gasteiger partial charge in [0.05, 0.1) is 0 Å². The van der Waals surface area contributed by atoms with Gasteiger partial charge in [-0.1, -0.05) is 17.7 Å². The molecule has 1 saturated heterocycles. The largest absolute Gasteiger partial charge is 0.371 e. The number of nitrogens with one attached hydrogen (secondary N) is 1. The molecular weight excluding hydrogens is 244 g/mol. The predicted octanol–water partition coefficient (Wildman–Crippen LogP) is 3.83. The van der Waals surface area contributed by atoms with Crippen LogP contribution in [0.1, 0.15) is 39.2 Å². The number of nitrogens with zero attached hydrogens (tertiary/aromatic N) is 1. The van der Waals surface area contributed by atoms with Gasteiger partial charge < -0.3 is 10.2 Å². The van der Waals surface area contributed by atoms with Crippen LogP contribution in [0, 0.1) is 0 Å². The Labute approximate surface area is 115 Å². The highest BCUT2D eigenvalue weighted by molar-refractivity contribution is 6.30. The summed E-state index contributed by atoms with van der Waals surface area (Å²) in [5.74, 6) is 0. The minimum Gasteiger partial charge on any atom is -0.371 e. The molecule has 1 N–H and O–H groups in total. The van der Waals surface area contributed by atoms with Crippen molar-refractivity contribution < 1.29 is 0 Å². The number of benzene rings is 1. The molecule has 1 aromatic rings. The monoisotopic (exact) mass is 266 g/mol. The van der Waals surface area contributed by atoms with Gasteiger partial charge in [-0.15, -0.1) is 0 Å². The second-order valence-corrected chi connectivity index (χ2v) is 6.51. The number of hydrogen-bond donors (Lipinski definition) is 1. The molecule has 1 heterocycles. The maximum absolute atomic E-state index is 6.14. The van der Waals surface area contributed by atoms with Gasteiger partial charge in [0.1, 0.15) is 0 Å². The quantitative estimate of drug-likeness (QED) is 0.895. The molecule has 1 aliphatic heterocycles. The molecule has 100 valence electrons. The molecule has 0 amide bonds. The van der Waals surface area contributed by atoms with Crippen LogP contribution in [0.25, 0.3) is 0 Å². The van der Waals surface area contributed by atoms with Crippen molar-refractivity contribution in [2.45, 2.75) is 45.7 Å². The maximum atomic E-state index is 6.14. The van der Waals surface area contributed by atoms with Crippen molar-refractivity contribution >= 4 is 17.3 Å². The molecule has 2 rings (SSSR count). The Bertz CT molecular complexity index is 403. The summed E-state index contributed by atoms with van der Waals surface area (Å²) in [7, 11) is 0. The van der Waals surface area contributed by atoms with Crippen LogP contribution in [0.2, 0.25) is 5.02 Å². The molecule has 0 radical (unpaired) electrons. The fourth-order valence-electron chi connectivity index (χ4n) is 2.30. The van der Waals surface area contributed by atoms with E-state index in [9.17, 15) is 0 Å². The smallest absolute Gasteiger partial charge is 0.0426 e. The fraction of sp³-hybridized carbons (Fsp3) is 0.600. The van der Waals surface area contributed by atoms with E-state index in [4.69, 9.17) is 11.6 Å². The third kappa shape index (κ3) is 3.63. The zero-order chi connectivity index (χ0) is 13.2. The summed E-state index contributed by atoms with van der Waals surface area (Å²) in [6, 6.07) is 6.24. The molecule has 1 aliphatic rings. The average molecular weight is 267 g/mol. The summed E-state index contributed by atoms with van der Waals surface area (Å²) in [6.45, 7) is 9.79. The molecule has 0 aromatic heterocycles. The van der Waals surface area contributed by atoms with Gasteiger partial charge in [-0.05, 0) is 51.3 Å². The van der Waals surface area contributed by atoms with Crippen molar-refractivity contribution in [2.75, 3.05) is 18.0 Å². The first kappa shape index (κ1) is 13.7. The van der Waals surface area contributed by atoms with Crippen LogP contribution in [0.15, 0.2) is 18.2 Å². The highest BCUT2D eigenvalue weighted by Crippen LogP contribution is 2.28. The highest BCUT2D eigenvalue weighted by Gasteiger charge is 2.17. The van der Waals surface area contributed by atoms with Crippen molar-refractivity contribution in [2.24, 2.45) is 0 Å². The predicted molar refractivity (Wildman–Crippen MR) is 79.5 cm³/mol. The van der Waals surface area contributed by atoms with Crippen molar-refractivity contribution in [1.29, 1.82) is 0 Å². The van der Waals surface area contributed by atoms with E-state index in [1.807, 2.05) is 6.07 Å². The molecule has 1 fully saturated rings. The number of hydrogen-bond acceptors (Lipinski definition) is 2. The molecule has 1 aromatic carbocycles. The van der Waals surface area contributed by atoms with Gasteiger partial charge >= 0.3 is 0 Å². The summed E-state index contributed by atoms with van der Waals surface area (Å²) in [5, 5.41) is 4.38. The van der Waals surface area contributed by atoms with Gasteiger partial charge in [0.2, 0.25) is 0 Å². The van der Waals surface area contributed by atoms with E-state index in [2.05, 4.69) is 43.1 Å². The van der Waals surface area contributed by atoms with Crippen LogP contribution in [0.5, 0.6) is 0 Å². The summed E-state index contributed by atoms with van der Waals surface area (Å²) in [6.07, 6.45) is 2.58. The van der Waals surface area contributed by atoms with E-state index >= 15 is 0 Å². The Kier molecular flexibility index (Phi) is 4.18. The van der Waals surface area contributed by atoms with E-state index in [1.54, 1.807) is 0 Å². The summed E-state index contributed by atoms with van der Waals surface area (Å²) in [5.41, 5.74) is 2.79. The second kappa shape index (κ2) is 5.50. The lowest BCUT2D eigenvalue weighted by atomic mass is 10.1. The Morgan fingerprint density at radius 2 is 1.89 bits per heavy atom. The molecular formula is C15H23ClN2. The van der Waals surface area contributed by atoms with E-state index in [-0.39, 0.29) is 5.54 Å². The minimum atomic E-state index is 0.141. The number of halogens is 1. The third-order valence-electron chi connectivity index (χ3n) is 3.30. The molecule has 0 spiro atoms. The summed E-state index contributed by atoms with van der Waals surface area (Å²) >= 11 is 6.14. The topological polar surface area (TPSA) is 15.3 Å². The highest BCUT2D eigenvalue weighted by atomic mass is 35.5. The van der Waals surface area contributed by atoms with Crippen LogP contribution in [0.3, 0.4) is 0 Å². The zero-order valence-corrected chi connectivity index (χ0v) is 12.3. The van der Waals surface area contributed by atoms with Gasteiger partial charge in [-0.3, -0.25) is 0 Å². The minimum absolute atomic E-state index is 0.141. The van der Waals surface area contributed by atoms with Crippen LogP contribution in [-0.4, -0.2) is 18.6 Å². The van der Waals surface area contributed by atoms with Crippen molar-refractivity contribution in [3.8, 4) is 0 Å². The van der Waals surface area contributed by atoms with Crippen LogP contribution < -0.4 is 10.2 Å². The number of anilines is 1. The zero-order valence-electron chi connectivity index (χ0n) is 11.6. The van der Waals surface area contributed by atoms with Gasteiger partial charge in [0.25, 0.3) is 0 Å². The van der Waals surface area contributed by atoms with E-state index < -0.39 is 0 Å². The maximum Gasteiger partial charge on any atom is 0.0426 e.